The van der Waals surface area contributed by atoms with Gasteiger partial charge >= 0.3 is 11.8 Å². The molecule has 102 valence electrons. The number of carbonyl (C=O) groups is 2. The quantitative estimate of drug-likeness (QED) is 0.577. The molecule has 0 atom stereocenters. The van der Waals surface area contributed by atoms with E-state index in [9.17, 15) is 9.59 Å². The number of likely N-dealkylation sites (N-methyl/N-ethyl adjacent to an activating group) is 1. The molecule has 1 heterocycles. The van der Waals surface area contributed by atoms with Crippen LogP contribution < -0.4 is 11.1 Å². The van der Waals surface area contributed by atoms with Crippen LogP contribution in [0.1, 0.15) is 12.5 Å². The molecule has 0 saturated carbocycles. The molecule has 19 heavy (non-hydrogen) atoms. The lowest BCUT2D eigenvalue weighted by Crippen LogP contribution is -2.44. The van der Waals surface area contributed by atoms with Gasteiger partial charge in [0.25, 0.3) is 0 Å². The fourth-order valence-electron chi connectivity index (χ4n) is 1.42. The maximum Gasteiger partial charge on any atom is 0.312 e. The van der Waals surface area contributed by atoms with E-state index in [4.69, 9.17) is 5.73 Å². The summed E-state index contributed by atoms with van der Waals surface area (Å²) in [6.45, 7) is 2.62. The number of carbonyl (C=O) groups excluding carboxylic acids is 2. The van der Waals surface area contributed by atoms with Crippen molar-refractivity contribution >= 4 is 29.0 Å². The minimum absolute atomic E-state index is 0.0206. The smallest absolute Gasteiger partial charge is 0.312 e. The van der Waals surface area contributed by atoms with Gasteiger partial charge in [-0.15, -0.1) is 0 Å². The van der Waals surface area contributed by atoms with Gasteiger partial charge in [-0.05, 0) is 24.6 Å². The van der Waals surface area contributed by atoms with Crippen LogP contribution in [0.25, 0.3) is 0 Å². The number of thiocarbonyl (C=S) groups is 1. The zero-order valence-corrected chi connectivity index (χ0v) is 11.4. The van der Waals surface area contributed by atoms with Crippen molar-refractivity contribution in [2.75, 3.05) is 13.1 Å². The molecule has 7 heteroatoms. The van der Waals surface area contributed by atoms with Gasteiger partial charge in [-0.25, -0.2) is 0 Å². The molecule has 0 aliphatic heterocycles. The zero-order valence-electron chi connectivity index (χ0n) is 10.6. The molecule has 0 radical (unpaired) electrons. The molecule has 1 rings (SSSR count). The third-order valence-corrected chi connectivity index (χ3v) is 2.55. The Morgan fingerprint density at radius 2 is 2.05 bits per heavy atom. The van der Waals surface area contributed by atoms with Crippen LogP contribution >= 0.6 is 12.2 Å². The Hall–Kier alpha value is -2.02. The maximum atomic E-state index is 11.9. The van der Waals surface area contributed by atoms with E-state index >= 15 is 0 Å². The lowest BCUT2D eigenvalue weighted by molar-refractivity contribution is -0.146. The molecule has 1 aromatic heterocycles. The largest absolute Gasteiger partial charge is 0.392 e. The van der Waals surface area contributed by atoms with Crippen molar-refractivity contribution in [3.63, 3.8) is 0 Å². The van der Waals surface area contributed by atoms with Crippen LogP contribution in [-0.4, -0.2) is 39.8 Å². The highest BCUT2D eigenvalue weighted by Gasteiger charge is 2.20. The van der Waals surface area contributed by atoms with Crippen molar-refractivity contribution in [3.8, 4) is 0 Å². The fraction of sp³-hybridized carbons (Fsp3) is 0.333. The van der Waals surface area contributed by atoms with E-state index in [-0.39, 0.29) is 11.5 Å². The summed E-state index contributed by atoms with van der Waals surface area (Å²) in [6, 6.07) is 3.59. The van der Waals surface area contributed by atoms with E-state index in [1.54, 1.807) is 31.5 Å². The lowest BCUT2D eigenvalue weighted by atomic mass is 10.2. The predicted molar refractivity (Wildman–Crippen MR) is 75.1 cm³/mol. The van der Waals surface area contributed by atoms with Crippen molar-refractivity contribution in [2.24, 2.45) is 5.73 Å². The Balaban J connectivity index is 2.61. The standard InChI is InChI=1S/C12H16N4O2S/c1-2-16(8-9-3-5-14-6-4-9)12(18)11(17)15-7-10(13)19/h3-6H,2,7-8H2,1H3,(H2,13,19)(H,15,17). The Bertz CT molecular complexity index is 464. The topological polar surface area (TPSA) is 88.3 Å². The SMILES string of the molecule is CCN(Cc1ccncc1)C(=O)C(=O)NCC(N)=S. The highest BCUT2D eigenvalue weighted by Crippen LogP contribution is 2.03. The fourth-order valence-corrected chi connectivity index (χ4v) is 1.49. The average Bonchev–Trinajstić information content (AvgIpc) is 2.42. The van der Waals surface area contributed by atoms with Gasteiger partial charge in [0.1, 0.15) is 0 Å². The van der Waals surface area contributed by atoms with Crippen LogP contribution in [-0.2, 0) is 16.1 Å². The van der Waals surface area contributed by atoms with E-state index in [1.807, 2.05) is 0 Å². The number of rotatable bonds is 5. The first-order valence-corrected chi connectivity index (χ1v) is 6.19. The molecule has 2 amide bonds. The maximum absolute atomic E-state index is 11.9. The number of nitrogens with one attached hydrogen (secondary N) is 1. The summed E-state index contributed by atoms with van der Waals surface area (Å²) in [7, 11) is 0. The van der Waals surface area contributed by atoms with Gasteiger partial charge in [-0.2, -0.15) is 0 Å². The van der Waals surface area contributed by atoms with E-state index in [0.717, 1.165) is 5.56 Å². The highest BCUT2D eigenvalue weighted by molar-refractivity contribution is 7.80. The molecule has 0 aliphatic rings. The molecule has 6 nitrogen and oxygen atoms in total. The van der Waals surface area contributed by atoms with Crippen molar-refractivity contribution < 1.29 is 9.59 Å². The minimum Gasteiger partial charge on any atom is -0.392 e. The Labute approximate surface area is 117 Å². The van der Waals surface area contributed by atoms with Gasteiger partial charge in [0.15, 0.2) is 0 Å². The number of pyridine rings is 1. The third-order valence-electron chi connectivity index (χ3n) is 2.41. The van der Waals surface area contributed by atoms with Crippen LogP contribution in [0.4, 0.5) is 0 Å². The second-order valence-electron chi connectivity index (χ2n) is 3.82. The van der Waals surface area contributed by atoms with Gasteiger partial charge in [0, 0.05) is 25.5 Å². The molecule has 0 aliphatic carbocycles. The molecule has 0 aromatic carbocycles. The summed E-state index contributed by atoms with van der Waals surface area (Å²) in [5, 5.41) is 2.37. The number of nitrogens with zero attached hydrogens (tertiary/aromatic N) is 2. The predicted octanol–water partition coefficient (Wildman–Crippen LogP) is -0.168. The van der Waals surface area contributed by atoms with Crippen LogP contribution in [0.15, 0.2) is 24.5 Å². The van der Waals surface area contributed by atoms with Gasteiger partial charge in [-0.3, -0.25) is 14.6 Å². The molecular formula is C12H16N4O2S. The molecule has 0 spiro atoms. The van der Waals surface area contributed by atoms with Crippen LogP contribution in [0.2, 0.25) is 0 Å². The number of aromatic nitrogens is 1. The van der Waals surface area contributed by atoms with Crippen molar-refractivity contribution in [2.45, 2.75) is 13.5 Å². The molecule has 0 saturated heterocycles. The summed E-state index contributed by atoms with van der Waals surface area (Å²) < 4.78 is 0. The molecular weight excluding hydrogens is 264 g/mol. The molecule has 3 N–H and O–H groups in total. The zero-order chi connectivity index (χ0) is 14.3. The second-order valence-corrected chi connectivity index (χ2v) is 4.35. The molecule has 1 aromatic rings. The number of nitrogens with two attached hydrogens (primary N) is 1. The lowest BCUT2D eigenvalue weighted by Gasteiger charge is -2.20. The van der Waals surface area contributed by atoms with E-state index in [1.165, 1.54) is 4.90 Å². The van der Waals surface area contributed by atoms with Crippen molar-refractivity contribution in [3.05, 3.63) is 30.1 Å². The van der Waals surface area contributed by atoms with Gasteiger partial charge in [-0.1, -0.05) is 12.2 Å². The van der Waals surface area contributed by atoms with E-state index in [2.05, 4.69) is 22.5 Å². The second kappa shape index (κ2) is 7.42. The van der Waals surface area contributed by atoms with Crippen LogP contribution in [0.3, 0.4) is 0 Å². The normalized spacial score (nSPS) is 9.74. The number of hydrogen-bond acceptors (Lipinski definition) is 4. The third kappa shape index (κ3) is 5.01. The summed E-state index contributed by atoms with van der Waals surface area (Å²) in [6.07, 6.45) is 3.28. The highest BCUT2D eigenvalue weighted by atomic mass is 32.1. The molecule has 0 fully saturated rings. The van der Waals surface area contributed by atoms with Gasteiger partial charge in [0.05, 0.1) is 11.5 Å². The average molecular weight is 280 g/mol. The first-order valence-electron chi connectivity index (χ1n) is 5.79. The Morgan fingerprint density at radius 3 is 2.58 bits per heavy atom. The summed E-state index contributed by atoms with van der Waals surface area (Å²) in [4.78, 5) is 29.0. The number of hydrogen-bond donors (Lipinski definition) is 2. The number of amides is 2. The van der Waals surface area contributed by atoms with Crippen molar-refractivity contribution in [1.82, 2.24) is 15.2 Å². The summed E-state index contributed by atoms with van der Waals surface area (Å²) in [5.74, 6) is -1.31. The first kappa shape index (κ1) is 15.0. The Morgan fingerprint density at radius 1 is 1.42 bits per heavy atom. The monoisotopic (exact) mass is 280 g/mol. The van der Waals surface area contributed by atoms with Crippen molar-refractivity contribution in [1.29, 1.82) is 0 Å². The Kier molecular flexibility index (Phi) is 5.87. The van der Waals surface area contributed by atoms with Gasteiger partial charge < -0.3 is 16.0 Å². The van der Waals surface area contributed by atoms with E-state index in [0.29, 0.717) is 13.1 Å². The minimum atomic E-state index is -0.705. The summed E-state index contributed by atoms with van der Waals surface area (Å²) >= 11 is 4.63. The molecule has 0 bridgehead atoms. The van der Waals surface area contributed by atoms with Crippen LogP contribution in [0, 0.1) is 0 Å². The summed E-state index contributed by atoms with van der Waals surface area (Å²) in [5.41, 5.74) is 6.17. The van der Waals surface area contributed by atoms with Crippen LogP contribution in [0.5, 0.6) is 0 Å². The molecule has 0 unspecified atom stereocenters. The van der Waals surface area contributed by atoms with Gasteiger partial charge in [0.2, 0.25) is 0 Å². The van der Waals surface area contributed by atoms with E-state index < -0.39 is 11.8 Å². The first-order chi connectivity index (χ1) is 9.04.